The lowest BCUT2D eigenvalue weighted by molar-refractivity contribution is -0.143. The predicted octanol–water partition coefficient (Wildman–Crippen LogP) is 2.15. The highest BCUT2D eigenvalue weighted by Crippen LogP contribution is 2.40. The van der Waals surface area contributed by atoms with E-state index in [1.807, 2.05) is 0 Å². The Hall–Kier alpha value is -0.570. The summed E-state index contributed by atoms with van der Waals surface area (Å²) in [5, 5.41) is 0. The van der Waals surface area contributed by atoms with Crippen LogP contribution >= 0.6 is 0 Å². The summed E-state index contributed by atoms with van der Waals surface area (Å²) in [5.74, 6) is 0.397. The molecule has 2 N–H and O–H groups in total. The monoisotopic (exact) mass is 238 g/mol. The van der Waals surface area contributed by atoms with Gasteiger partial charge in [-0.15, -0.1) is 0 Å². The molecule has 2 fully saturated rings. The lowest BCUT2D eigenvalue weighted by Crippen LogP contribution is -2.48. The van der Waals surface area contributed by atoms with Crippen LogP contribution < -0.4 is 5.73 Å². The minimum atomic E-state index is -0.0591. The van der Waals surface area contributed by atoms with E-state index in [9.17, 15) is 4.79 Å². The summed E-state index contributed by atoms with van der Waals surface area (Å²) in [5.41, 5.74) is 6.00. The average molecular weight is 238 g/mol. The zero-order valence-corrected chi connectivity index (χ0v) is 11.3. The maximum Gasteiger partial charge on any atom is 0.228 e. The SMILES string of the molecule is CC1(CN)CCN(C(=O)C2(C)CCCC2)CC1. The summed E-state index contributed by atoms with van der Waals surface area (Å²) >= 11 is 0. The molecule has 1 amide bonds. The minimum Gasteiger partial charge on any atom is -0.342 e. The molecule has 1 aliphatic carbocycles. The third-order valence-corrected chi connectivity index (χ3v) is 4.97. The number of hydrogen-bond acceptors (Lipinski definition) is 2. The normalized spacial score (nSPS) is 27.1. The molecule has 98 valence electrons. The van der Waals surface area contributed by atoms with Gasteiger partial charge in [-0.05, 0) is 37.6 Å². The average Bonchev–Trinajstić information content (AvgIpc) is 2.78. The van der Waals surface area contributed by atoms with E-state index in [0.717, 1.165) is 45.3 Å². The van der Waals surface area contributed by atoms with E-state index >= 15 is 0 Å². The fourth-order valence-corrected chi connectivity index (χ4v) is 3.20. The Labute approximate surface area is 105 Å². The fraction of sp³-hybridized carbons (Fsp3) is 0.929. The molecule has 0 aromatic heterocycles. The number of amides is 1. The van der Waals surface area contributed by atoms with Crippen molar-refractivity contribution >= 4 is 5.91 Å². The van der Waals surface area contributed by atoms with Crippen molar-refractivity contribution in [1.82, 2.24) is 4.90 Å². The van der Waals surface area contributed by atoms with Crippen molar-refractivity contribution in [1.29, 1.82) is 0 Å². The van der Waals surface area contributed by atoms with E-state index in [4.69, 9.17) is 5.73 Å². The van der Waals surface area contributed by atoms with Crippen molar-refractivity contribution in [3.63, 3.8) is 0 Å². The molecule has 3 nitrogen and oxygen atoms in total. The number of rotatable bonds is 2. The van der Waals surface area contributed by atoms with Crippen molar-refractivity contribution < 1.29 is 4.79 Å². The van der Waals surface area contributed by atoms with Gasteiger partial charge in [0.25, 0.3) is 0 Å². The van der Waals surface area contributed by atoms with Crippen LogP contribution in [0.5, 0.6) is 0 Å². The first-order valence-electron chi connectivity index (χ1n) is 6.99. The molecule has 0 aromatic carbocycles. The van der Waals surface area contributed by atoms with E-state index in [2.05, 4.69) is 18.7 Å². The molecule has 1 saturated heterocycles. The molecule has 0 radical (unpaired) electrons. The van der Waals surface area contributed by atoms with Crippen LogP contribution in [-0.2, 0) is 4.79 Å². The Morgan fingerprint density at radius 1 is 1.12 bits per heavy atom. The van der Waals surface area contributed by atoms with Gasteiger partial charge in [0.1, 0.15) is 0 Å². The Bertz CT molecular complexity index is 287. The molecule has 1 heterocycles. The molecule has 1 saturated carbocycles. The van der Waals surface area contributed by atoms with E-state index in [-0.39, 0.29) is 10.8 Å². The highest BCUT2D eigenvalue weighted by molar-refractivity contribution is 5.82. The molecule has 0 aromatic rings. The maximum atomic E-state index is 12.5. The van der Waals surface area contributed by atoms with E-state index in [1.54, 1.807) is 0 Å². The van der Waals surface area contributed by atoms with Gasteiger partial charge in [0.05, 0.1) is 0 Å². The Morgan fingerprint density at radius 3 is 2.12 bits per heavy atom. The number of nitrogens with two attached hydrogens (primary N) is 1. The Kier molecular flexibility index (Phi) is 3.48. The number of hydrogen-bond donors (Lipinski definition) is 1. The quantitative estimate of drug-likeness (QED) is 0.801. The second-order valence-electron chi connectivity index (χ2n) is 6.57. The standard InChI is InChI=1S/C14H26N2O/c1-13(11-15)7-9-16(10-8-13)12(17)14(2)5-3-4-6-14/h3-11,15H2,1-2H3. The molecule has 0 atom stereocenters. The highest BCUT2D eigenvalue weighted by Gasteiger charge is 2.41. The van der Waals surface area contributed by atoms with Crippen LogP contribution in [0.4, 0.5) is 0 Å². The lowest BCUT2D eigenvalue weighted by atomic mass is 9.79. The smallest absolute Gasteiger partial charge is 0.228 e. The zero-order chi connectivity index (χ0) is 12.5. The van der Waals surface area contributed by atoms with Crippen molar-refractivity contribution in [2.24, 2.45) is 16.6 Å². The van der Waals surface area contributed by atoms with Crippen molar-refractivity contribution in [3.8, 4) is 0 Å². The van der Waals surface area contributed by atoms with Gasteiger partial charge >= 0.3 is 0 Å². The lowest BCUT2D eigenvalue weighted by Gasteiger charge is -2.41. The molecular weight excluding hydrogens is 212 g/mol. The summed E-state index contributed by atoms with van der Waals surface area (Å²) in [7, 11) is 0. The number of likely N-dealkylation sites (tertiary alicyclic amines) is 1. The molecular formula is C14H26N2O. The second kappa shape index (κ2) is 4.60. The van der Waals surface area contributed by atoms with E-state index < -0.39 is 0 Å². The van der Waals surface area contributed by atoms with Gasteiger partial charge in [-0.3, -0.25) is 4.79 Å². The largest absolute Gasteiger partial charge is 0.342 e. The summed E-state index contributed by atoms with van der Waals surface area (Å²) in [6.45, 7) is 6.95. The number of nitrogens with zero attached hydrogens (tertiary/aromatic N) is 1. The first kappa shape index (κ1) is 12.9. The summed E-state index contributed by atoms with van der Waals surface area (Å²) in [6.07, 6.45) is 6.72. The van der Waals surface area contributed by atoms with Crippen LogP contribution in [0.3, 0.4) is 0 Å². The molecule has 0 spiro atoms. The summed E-state index contributed by atoms with van der Waals surface area (Å²) < 4.78 is 0. The predicted molar refractivity (Wildman–Crippen MR) is 69.6 cm³/mol. The van der Waals surface area contributed by atoms with Crippen LogP contribution in [0.2, 0.25) is 0 Å². The van der Waals surface area contributed by atoms with Gasteiger partial charge in [0.2, 0.25) is 5.91 Å². The first-order valence-corrected chi connectivity index (χ1v) is 6.99. The fourth-order valence-electron chi connectivity index (χ4n) is 3.20. The molecule has 0 bridgehead atoms. The number of carbonyl (C=O) groups is 1. The van der Waals surface area contributed by atoms with Crippen molar-refractivity contribution in [2.45, 2.75) is 52.4 Å². The topological polar surface area (TPSA) is 46.3 Å². The van der Waals surface area contributed by atoms with Crippen LogP contribution in [0.25, 0.3) is 0 Å². The van der Waals surface area contributed by atoms with Crippen molar-refractivity contribution in [2.75, 3.05) is 19.6 Å². The molecule has 1 aliphatic heterocycles. The van der Waals surface area contributed by atoms with Gasteiger partial charge in [-0.1, -0.05) is 26.7 Å². The van der Waals surface area contributed by atoms with Crippen LogP contribution in [0.1, 0.15) is 52.4 Å². The Balaban J connectivity index is 1.94. The van der Waals surface area contributed by atoms with Crippen molar-refractivity contribution in [3.05, 3.63) is 0 Å². The maximum absolute atomic E-state index is 12.5. The number of piperidine rings is 1. The number of carbonyl (C=O) groups excluding carboxylic acids is 1. The van der Waals surface area contributed by atoms with Crippen LogP contribution in [0, 0.1) is 10.8 Å². The molecule has 2 rings (SSSR count). The minimum absolute atomic E-state index is 0.0591. The second-order valence-corrected chi connectivity index (χ2v) is 6.57. The van der Waals surface area contributed by atoms with Gasteiger partial charge in [0, 0.05) is 18.5 Å². The molecule has 2 aliphatic rings. The van der Waals surface area contributed by atoms with E-state index in [0.29, 0.717) is 5.91 Å². The van der Waals surface area contributed by atoms with Crippen LogP contribution in [0.15, 0.2) is 0 Å². The van der Waals surface area contributed by atoms with Gasteiger partial charge in [0.15, 0.2) is 0 Å². The summed E-state index contributed by atoms with van der Waals surface area (Å²) in [4.78, 5) is 14.6. The zero-order valence-electron chi connectivity index (χ0n) is 11.3. The first-order chi connectivity index (χ1) is 7.99. The molecule has 17 heavy (non-hydrogen) atoms. The van der Waals surface area contributed by atoms with Gasteiger partial charge in [-0.2, -0.15) is 0 Å². The Morgan fingerprint density at radius 2 is 1.65 bits per heavy atom. The molecule has 3 heteroatoms. The van der Waals surface area contributed by atoms with Gasteiger partial charge < -0.3 is 10.6 Å². The molecule has 0 unspecified atom stereocenters. The summed E-state index contributed by atoms with van der Waals surface area (Å²) in [6, 6.07) is 0. The highest BCUT2D eigenvalue weighted by atomic mass is 16.2. The third-order valence-electron chi connectivity index (χ3n) is 4.97. The van der Waals surface area contributed by atoms with Crippen LogP contribution in [-0.4, -0.2) is 30.4 Å². The third kappa shape index (κ3) is 2.49. The van der Waals surface area contributed by atoms with E-state index in [1.165, 1.54) is 12.8 Å². The van der Waals surface area contributed by atoms with Gasteiger partial charge in [-0.25, -0.2) is 0 Å².